The molecule has 5 aliphatic carbocycles. The molecule has 1 aliphatic heterocycles. The maximum Gasteiger partial charge on any atom is 0.272 e. The molecule has 7 rings (SSSR count). The third-order valence-corrected chi connectivity index (χ3v) is 17.1. The first kappa shape index (κ1) is 39.7. The molecule has 6 fully saturated rings. The van der Waals surface area contributed by atoms with E-state index in [4.69, 9.17) is 0 Å². The summed E-state index contributed by atoms with van der Waals surface area (Å²) in [7, 11) is -3.83. The van der Waals surface area contributed by atoms with Gasteiger partial charge in [0.05, 0.1) is 28.9 Å². The highest BCUT2D eigenvalue weighted by Gasteiger charge is 2.85. The fourth-order valence-electron chi connectivity index (χ4n) is 11.3. The monoisotopic (exact) mass is 777 g/mol. The quantitative estimate of drug-likeness (QED) is 0.237. The smallest absolute Gasteiger partial charge is 0.272 e. The Morgan fingerprint density at radius 3 is 2.20 bits per heavy atom. The van der Waals surface area contributed by atoms with E-state index in [-0.39, 0.29) is 64.1 Å². The first-order chi connectivity index (χ1) is 25.8. The van der Waals surface area contributed by atoms with Gasteiger partial charge in [-0.15, -0.1) is 6.58 Å². The Morgan fingerprint density at radius 1 is 0.982 bits per heavy atom. The minimum atomic E-state index is -3.83. The number of Topliss-reactive ketones (excluding diaryl/α,β-unsaturated/α-hetero) is 2. The first-order valence-electron chi connectivity index (χ1n) is 20.5. The molecule has 1 saturated heterocycles. The van der Waals surface area contributed by atoms with E-state index in [0.29, 0.717) is 32.2 Å². The SMILES string of the molecule is C=C[C@@H]1C[C@]1(CC(=O)[C@@H]1C[C@@]2(CN1C(=O)C(CC(=O)[C@@H](NC(=O)c1cnccn1)C1CCCCC1)C(C)(C)C)C(C)(C)C21CCC1)C(=O)NS(=O)(=O)C1CC1. The van der Waals surface area contributed by atoms with Crippen LogP contribution in [0.5, 0.6) is 0 Å². The molecule has 1 aromatic rings. The van der Waals surface area contributed by atoms with Crippen molar-refractivity contribution >= 4 is 39.3 Å². The van der Waals surface area contributed by atoms with Crippen LogP contribution in [-0.4, -0.2) is 76.5 Å². The molecule has 2 spiro atoms. The van der Waals surface area contributed by atoms with Crippen molar-refractivity contribution in [3.63, 3.8) is 0 Å². The molecular weight excluding hydrogens is 719 g/mol. The van der Waals surface area contributed by atoms with Crippen molar-refractivity contribution in [3.05, 3.63) is 36.9 Å². The first-order valence-corrected chi connectivity index (χ1v) is 22.0. The Balaban J connectivity index is 1.16. The van der Waals surface area contributed by atoms with Crippen LogP contribution in [0.3, 0.4) is 0 Å². The number of amides is 3. The van der Waals surface area contributed by atoms with Crippen LogP contribution in [-0.2, 0) is 29.2 Å². The normalized spacial score (nSPS) is 30.5. The lowest BCUT2D eigenvalue weighted by Gasteiger charge is -2.37. The molecule has 1 aromatic heterocycles. The number of allylic oxidation sites excluding steroid dienone is 1. The molecule has 2 heterocycles. The fourth-order valence-corrected chi connectivity index (χ4v) is 12.7. The zero-order valence-corrected chi connectivity index (χ0v) is 34.0. The Hall–Kier alpha value is -3.48. The highest BCUT2D eigenvalue weighted by atomic mass is 32.2. The lowest BCUT2D eigenvalue weighted by molar-refractivity contribution is -0.146. The molecule has 6 aliphatic rings. The predicted molar refractivity (Wildman–Crippen MR) is 205 cm³/mol. The number of ketones is 2. The number of sulfonamides is 1. The van der Waals surface area contributed by atoms with Gasteiger partial charge in [0, 0.05) is 43.1 Å². The lowest BCUT2D eigenvalue weighted by Crippen LogP contribution is -2.51. The maximum absolute atomic E-state index is 15.2. The number of hydrogen-bond donors (Lipinski definition) is 2. The second kappa shape index (κ2) is 13.9. The number of carbonyl (C=O) groups excluding carboxylic acids is 5. The van der Waals surface area contributed by atoms with Crippen molar-refractivity contribution in [2.24, 2.45) is 44.8 Å². The predicted octanol–water partition coefficient (Wildman–Crippen LogP) is 5.33. The summed E-state index contributed by atoms with van der Waals surface area (Å²) >= 11 is 0. The molecule has 300 valence electrons. The van der Waals surface area contributed by atoms with Gasteiger partial charge in [-0.2, -0.15) is 0 Å². The molecule has 12 nitrogen and oxygen atoms in total. The van der Waals surface area contributed by atoms with E-state index in [1.165, 1.54) is 18.6 Å². The summed E-state index contributed by atoms with van der Waals surface area (Å²) in [6, 6.07) is -1.61. The summed E-state index contributed by atoms with van der Waals surface area (Å²) in [5.74, 6) is -3.08. The molecule has 55 heavy (non-hydrogen) atoms. The molecule has 0 radical (unpaired) electrons. The second-order valence-corrected chi connectivity index (χ2v) is 21.3. The van der Waals surface area contributed by atoms with Gasteiger partial charge in [-0.3, -0.25) is 33.7 Å². The Kier molecular flexibility index (Phi) is 10.0. The standard InChI is InChI=1S/C42H59N5O7S/c1-7-27-21-40(27,37(52)46-55(53,54)28-14-15-28)23-33(49)31-22-42(39(5,6)41(42)16-11-17-41)25-47(31)36(51)29(38(2,3)4)20-32(48)34(26-12-9-8-10-13-26)45-35(50)30-24-43-18-19-44-30/h7,18-19,24,26-29,31,34H,1,8-17,20-23,25H2,2-6H3,(H,45,50)(H,46,52)/t27-,29?,31+,34+,40-,42-/m1/s1. The Bertz CT molecular complexity index is 1860. The topological polar surface area (TPSA) is 173 Å². The van der Waals surface area contributed by atoms with E-state index in [2.05, 4.69) is 40.4 Å². The highest BCUT2D eigenvalue weighted by molar-refractivity contribution is 7.90. The Labute approximate surface area is 325 Å². The van der Waals surface area contributed by atoms with Crippen LogP contribution in [0.1, 0.15) is 135 Å². The largest absolute Gasteiger partial charge is 0.341 e. The van der Waals surface area contributed by atoms with Gasteiger partial charge in [-0.05, 0) is 79.4 Å². The molecule has 6 atom stereocenters. The average molecular weight is 778 g/mol. The van der Waals surface area contributed by atoms with Gasteiger partial charge >= 0.3 is 0 Å². The summed E-state index contributed by atoms with van der Waals surface area (Å²) in [4.78, 5) is 81.3. The van der Waals surface area contributed by atoms with Gasteiger partial charge in [0.25, 0.3) is 5.91 Å². The molecule has 3 amide bonds. The van der Waals surface area contributed by atoms with Crippen molar-refractivity contribution in [3.8, 4) is 0 Å². The van der Waals surface area contributed by atoms with E-state index >= 15 is 4.79 Å². The van der Waals surface area contributed by atoms with Crippen LogP contribution in [0, 0.1) is 44.8 Å². The number of aromatic nitrogens is 2. The molecule has 1 unspecified atom stereocenters. The molecule has 2 N–H and O–H groups in total. The summed E-state index contributed by atoms with van der Waals surface area (Å²) in [5, 5.41) is 2.39. The number of carbonyl (C=O) groups is 5. The zero-order valence-electron chi connectivity index (χ0n) is 33.2. The van der Waals surface area contributed by atoms with Crippen molar-refractivity contribution < 1.29 is 32.4 Å². The summed E-state index contributed by atoms with van der Waals surface area (Å²) in [5.41, 5.74) is -2.14. The molecule has 13 heteroatoms. The summed E-state index contributed by atoms with van der Waals surface area (Å²) in [6.07, 6.45) is 15.1. The highest BCUT2D eigenvalue weighted by Crippen LogP contribution is 2.88. The molecule has 0 bridgehead atoms. The van der Waals surface area contributed by atoms with Crippen LogP contribution in [0.15, 0.2) is 31.2 Å². The van der Waals surface area contributed by atoms with Crippen molar-refractivity contribution in [2.45, 2.75) is 142 Å². The van der Waals surface area contributed by atoms with Gasteiger partial charge < -0.3 is 10.2 Å². The van der Waals surface area contributed by atoms with E-state index in [1.54, 1.807) is 11.0 Å². The van der Waals surface area contributed by atoms with Crippen LogP contribution in [0.25, 0.3) is 0 Å². The zero-order chi connectivity index (χ0) is 39.8. The number of hydrogen-bond acceptors (Lipinski definition) is 9. The third kappa shape index (κ3) is 6.67. The van der Waals surface area contributed by atoms with E-state index in [9.17, 15) is 27.6 Å². The second-order valence-electron chi connectivity index (χ2n) is 19.4. The van der Waals surface area contributed by atoms with Crippen molar-refractivity contribution in [1.82, 2.24) is 24.9 Å². The molecule has 0 aromatic carbocycles. The average Bonchev–Trinajstić information content (AvgIpc) is 4.07. The summed E-state index contributed by atoms with van der Waals surface area (Å²) < 4.78 is 27.9. The van der Waals surface area contributed by atoms with Gasteiger partial charge in [-0.25, -0.2) is 13.4 Å². The van der Waals surface area contributed by atoms with E-state index in [0.717, 1.165) is 51.4 Å². The van der Waals surface area contributed by atoms with E-state index in [1.807, 2.05) is 20.8 Å². The minimum Gasteiger partial charge on any atom is -0.341 e. The van der Waals surface area contributed by atoms with Crippen molar-refractivity contribution in [1.29, 1.82) is 0 Å². The molecular formula is C42H59N5O7S. The van der Waals surface area contributed by atoms with Gasteiger partial charge in [0.15, 0.2) is 11.6 Å². The van der Waals surface area contributed by atoms with E-state index < -0.39 is 55.9 Å². The number of nitrogens with zero attached hydrogens (tertiary/aromatic N) is 3. The van der Waals surface area contributed by atoms with Crippen LogP contribution in [0.2, 0.25) is 0 Å². The number of fused-ring (bicyclic) bond motifs is 1. The molecule has 5 saturated carbocycles. The Morgan fingerprint density at radius 2 is 1.67 bits per heavy atom. The lowest BCUT2D eigenvalue weighted by atomic mass is 9.73. The van der Waals surface area contributed by atoms with Gasteiger partial charge in [0.1, 0.15) is 5.69 Å². The van der Waals surface area contributed by atoms with Crippen LogP contribution >= 0.6 is 0 Å². The van der Waals surface area contributed by atoms with Gasteiger partial charge in [-0.1, -0.05) is 66.4 Å². The maximum atomic E-state index is 15.2. The van der Waals surface area contributed by atoms with Crippen molar-refractivity contribution in [2.75, 3.05) is 6.54 Å². The van der Waals surface area contributed by atoms with Crippen LogP contribution in [0.4, 0.5) is 0 Å². The van der Waals surface area contributed by atoms with Gasteiger partial charge in [0.2, 0.25) is 21.8 Å². The third-order valence-electron chi connectivity index (χ3n) is 15.3. The van der Waals surface area contributed by atoms with Crippen LogP contribution < -0.4 is 10.0 Å². The number of likely N-dealkylation sites (tertiary alicyclic amines) is 1. The number of rotatable bonds is 14. The summed E-state index contributed by atoms with van der Waals surface area (Å²) in [6.45, 7) is 14.6. The number of nitrogens with one attached hydrogen (secondary N) is 2. The fraction of sp³-hybridized carbons (Fsp3) is 0.738. The minimum absolute atomic E-state index is 0.0218.